The van der Waals surface area contributed by atoms with Gasteiger partial charge < -0.3 is 19.3 Å². The molecule has 0 heterocycles. The molecule has 0 unspecified atom stereocenters. The van der Waals surface area contributed by atoms with Gasteiger partial charge in [-0.15, -0.1) is 0 Å². The van der Waals surface area contributed by atoms with Crippen LogP contribution in [0.25, 0.3) is 0 Å². The lowest BCUT2D eigenvalue weighted by molar-refractivity contribution is -0.147. The smallest absolute Gasteiger partial charge is 0.314 e. The van der Waals surface area contributed by atoms with Gasteiger partial charge in [-0.1, -0.05) is 6.42 Å². The Morgan fingerprint density at radius 1 is 1.20 bits per heavy atom. The van der Waals surface area contributed by atoms with Crippen molar-refractivity contribution in [3.63, 3.8) is 0 Å². The van der Waals surface area contributed by atoms with E-state index in [0.717, 1.165) is 12.0 Å². The number of carboxylic acids is 1. The molecule has 5 nitrogen and oxygen atoms in total. The second kappa shape index (κ2) is 5.71. The third-order valence-corrected chi connectivity index (χ3v) is 4.03. The molecule has 0 radical (unpaired) electrons. The molecule has 0 spiro atoms. The van der Waals surface area contributed by atoms with E-state index in [1.165, 1.54) is 0 Å². The Balaban J connectivity index is 2.54. The van der Waals surface area contributed by atoms with Crippen molar-refractivity contribution >= 4 is 5.97 Å². The van der Waals surface area contributed by atoms with Gasteiger partial charge in [0, 0.05) is 18.2 Å². The summed E-state index contributed by atoms with van der Waals surface area (Å²) in [5.74, 6) is 0.415. The highest BCUT2D eigenvalue weighted by atomic mass is 16.5. The maximum absolute atomic E-state index is 11.7. The molecule has 0 bridgehead atoms. The maximum Gasteiger partial charge on any atom is 0.314 e. The lowest BCUT2D eigenvalue weighted by Crippen LogP contribution is -2.42. The highest BCUT2D eigenvalue weighted by Crippen LogP contribution is 2.49. The second-order valence-corrected chi connectivity index (χ2v) is 5.04. The summed E-state index contributed by atoms with van der Waals surface area (Å²) in [5.41, 5.74) is 0.690. The first-order chi connectivity index (χ1) is 9.58. The molecule has 1 fully saturated rings. The van der Waals surface area contributed by atoms with E-state index in [1.54, 1.807) is 33.5 Å². The fourth-order valence-corrected chi connectivity index (χ4v) is 2.73. The quantitative estimate of drug-likeness (QED) is 0.866. The Morgan fingerprint density at radius 3 is 2.25 bits per heavy atom. The molecule has 1 aromatic rings. The van der Waals surface area contributed by atoms with E-state index in [0.29, 0.717) is 36.5 Å². The largest absolute Gasteiger partial charge is 0.496 e. The zero-order valence-corrected chi connectivity index (χ0v) is 12.1. The van der Waals surface area contributed by atoms with Gasteiger partial charge in [-0.05, 0) is 25.0 Å². The van der Waals surface area contributed by atoms with Crippen molar-refractivity contribution < 1.29 is 24.1 Å². The van der Waals surface area contributed by atoms with Crippen LogP contribution in [0.2, 0.25) is 0 Å². The summed E-state index contributed by atoms with van der Waals surface area (Å²) in [6.07, 6.45) is 2.18. The minimum atomic E-state index is -0.843. The number of methoxy groups -OCH3 is 3. The number of aliphatic carboxylic acids is 1. The molecule has 1 aromatic carbocycles. The average Bonchev–Trinajstić information content (AvgIpc) is 2.38. The van der Waals surface area contributed by atoms with Crippen molar-refractivity contribution in [2.75, 3.05) is 21.3 Å². The van der Waals surface area contributed by atoms with Gasteiger partial charge in [0.15, 0.2) is 0 Å². The molecule has 1 N–H and O–H groups in total. The van der Waals surface area contributed by atoms with E-state index in [4.69, 9.17) is 14.2 Å². The number of rotatable bonds is 6. The summed E-state index contributed by atoms with van der Waals surface area (Å²) >= 11 is 0. The van der Waals surface area contributed by atoms with Crippen LogP contribution in [0.4, 0.5) is 0 Å². The number of hydrogen-bond donors (Lipinski definition) is 1. The number of ether oxygens (including phenoxy) is 3. The molecular weight excluding hydrogens is 260 g/mol. The summed E-state index contributed by atoms with van der Waals surface area (Å²) in [6, 6.07) is 3.58. The van der Waals surface area contributed by atoms with Gasteiger partial charge in [0.25, 0.3) is 0 Å². The third kappa shape index (κ3) is 2.22. The van der Waals surface area contributed by atoms with Crippen LogP contribution in [-0.4, -0.2) is 32.4 Å². The second-order valence-electron chi connectivity index (χ2n) is 5.04. The molecule has 0 amide bonds. The minimum Gasteiger partial charge on any atom is -0.496 e. The summed E-state index contributed by atoms with van der Waals surface area (Å²) < 4.78 is 15.9. The maximum atomic E-state index is 11.7. The van der Waals surface area contributed by atoms with E-state index in [9.17, 15) is 9.90 Å². The van der Waals surface area contributed by atoms with Crippen molar-refractivity contribution in [3.05, 3.63) is 23.3 Å². The lowest BCUT2D eigenvalue weighted by Gasteiger charge is -2.39. The number of carbonyl (C=O) groups is 1. The molecular formula is C15H20O5. The molecule has 0 aliphatic heterocycles. The Bertz CT molecular complexity index is 505. The highest BCUT2D eigenvalue weighted by molar-refractivity contribution is 5.84. The van der Waals surface area contributed by atoms with Gasteiger partial charge in [0.05, 0.1) is 26.2 Å². The van der Waals surface area contributed by atoms with Crippen LogP contribution >= 0.6 is 0 Å². The number of hydrogen-bond acceptors (Lipinski definition) is 4. The summed E-state index contributed by atoms with van der Waals surface area (Å²) in [5, 5.41) is 9.57. The fraction of sp³-hybridized carbons (Fsp3) is 0.533. The molecule has 1 saturated carbocycles. The molecule has 5 heteroatoms. The Morgan fingerprint density at radius 2 is 1.85 bits per heavy atom. The predicted octanol–water partition coefficient (Wildman–Crippen LogP) is 2.36. The standard InChI is InChI=1S/C15H20O5/c1-18-9-10-7-13(20-3)11(8-12(10)19-2)15(14(16)17)5-4-6-15/h7-8H,4-6,9H2,1-3H3,(H,16,17). The van der Waals surface area contributed by atoms with E-state index < -0.39 is 11.4 Å². The van der Waals surface area contributed by atoms with E-state index in [1.807, 2.05) is 0 Å². The Kier molecular flexibility index (Phi) is 4.18. The van der Waals surface area contributed by atoms with E-state index >= 15 is 0 Å². The summed E-state index contributed by atoms with van der Waals surface area (Å²) in [4.78, 5) is 11.7. The molecule has 0 atom stereocenters. The van der Waals surface area contributed by atoms with Crippen molar-refractivity contribution in [1.82, 2.24) is 0 Å². The van der Waals surface area contributed by atoms with Crippen LogP contribution in [0.15, 0.2) is 12.1 Å². The fourth-order valence-electron chi connectivity index (χ4n) is 2.73. The van der Waals surface area contributed by atoms with Crippen molar-refractivity contribution in [1.29, 1.82) is 0 Å². The van der Waals surface area contributed by atoms with Gasteiger partial charge >= 0.3 is 5.97 Å². The van der Waals surface area contributed by atoms with E-state index in [2.05, 4.69) is 0 Å². The van der Waals surface area contributed by atoms with Crippen LogP contribution in [-0.2, 0) is 21.6 Å². The van der Waals surface area contributed by atoms with Crippen LogP contribution < -0.4 is 9.47 Å². The van der Waals surface area contributed by atoms with Gasteiger partial charge in [0.2, 0.25) is 0 Å². The van der Waals surface area contributed by atoms with Crippen molar-refractivity contribution in [2.45, 2.75) is 31.3 Å². The molecule has 20 heavy (non-hydrogen) atoms. The van der Waals surface area contributed by atoms with Crippen LogP contribution in [0.5, 0.6) is 11.5 Å². The zero-order valence-electron chi connectivity index (χ0n) is 12.1. The molecule has 1 aliphatic rings. The average molecular weight is 280 g/mol. The Hall–Kier alpha value is -1.75. The first-order valence-electron chi connectivity index (χ1n) is 6.56. The van der Waals surface area contributed by atoms with Crippen LogP contribution in [0.1, 0.15) is 30.4 Å². The molecule has 0 aromatic heterocycles. The Labute approximate surface area is 118 Å². The first-order valence-corrected chi connectivity index (χ1v) is 6.56. The van der Waals surface area contributed by atoms with Crippen LogP contribution in [0, 0.1) is 0 Å². The molecule has 1 aliphatic carbocycles. The monoisotopic (exact) mass is 280 g/mol. The van der Waals surface area contributed by atoms with Gasteiger partial charge in [-0.25, -0.2) is 0 Å². The van der Waals surface area contributed by atoms with Crippen molar-refractivity contribution in [2.24, 2.45) is 0 Å². The SMILES string of the molecule is COCc1cc(OC)c(C2(C(=O)O)CCC2)cc1OC. The predicted molar refractivity (Wildman–Crippen MR) is 73.4 cm³/mol. The normalized spacial score (nSPS) is 16.4. The summed E-state index contributed by atoms with van der Waals surface area (Å²) in [7, 11) is 4.72. The highest BCUT2D eigenvalue weighted by Gasteiger charge is 2.48. The van der Waals surface area contributed by atoms with Crippen molar-refractivity contribution in [3.8, 4) is 11.5 Å². The lowest BCUT2D eigenvalue weighted by atomic mass is 9.64. The van der Waals surface area contributed by atoms with Gasteiger partial charge in [-0.3, -0.25) is 4.79 Å². The topological polar surface area (TPSA) is 65.0 Å². The molecule has 0 saturated heterocycles. The first kappa shape index (κ1) is 14.7. The zero-order chi connectivity index (χ0) is 14.8. The van der Waals surface area contributed by atoms with E-state index in [-0.39, 0.29) is 0 Å². The van der Waals surface area contributed by atoms with Crippen LogP contribution in [0.3, 0.4) is 0 Å². The molecule has 110 valence electrons. The van der Waals surface area contributed by atoms with Gasteiger partial charge in [-0.2, -0.15) is 0 Å². The summed E-state index contributed by atoms with van der Waals surface area (Å²) in [6.45, 7) is 0.389. The number of benzene rings is 1. The molecule has 2 rings (SSSR count). The minimum absolute atomic E-state index is 0.389. The number of carboxylic acid groups (broad SMARTS) is 1. The van der Waals surface area contributed by atoms with Gasteiger partial charge in [0.1, 0.15) is 11.5 Å². The third-order valence-electron chi connectivity index (χ3n) is 4.03.